The molecule has 2 amide bonds. The molecule has 11 nitrogen and oxygen atoms in total. The van der Waals surface area contributed by atoms with Crippen LogP contribution in [0.1, 0.15) is 31.4 Å². The Morgan fingerprint density at radius 3 is 2.29 bits per heavy atom. The Labute approximate surface area is 250 Å². The van der Waals surface area contributed by atoms with Gasteiger partial charge in [-0.25, -0.2) is 8.42 Å². The number of nitrogens with zero attached hydrogens (tertiary/aromatic N) is 3. The summed E-state index contributed by atoms with van der Waals surface area (Å²) in [5, 5.41) is 14.8. The first-order valence-corrected chi connectivity index (χ1v) is 14.9. The van der Waals surface area contributed by atoms with Crippen LogP contribution in [-0.2, 0) is 26.2 Å². The van der Waals surface area contributed by atoms with E-state index in [2.05, 4.69) is 5.32 Å². The Kier molecular flexibility index (Phi) is 10.9. The molecule has 1 atom stereocenters. The molecule has 224 valence electrons. The van der Waals surface area contributed by atoms with Crippen LogP contribution in [0, 0.1) is 17.0 Å². The molecule has 0 unspecified atom stereocenters. The molecule has 0 aromatic heterocycles. The fourth-order valence-electron chi connectivity index (χ4n) is 4.12. The van der Waals surface area contributed by atoms with Gasteiger partial charge in [-0.2, -0.15) is 0 Å². The molecular weight excluding hydrogens is 584 g/mol. The maximum Gasteiger partial charge on any atom is 0.273 e. The molecule has 0 aliphatic rings. The van der Waals surface area contributed by atoms with Gasteiger partial charge in [0.25, 0.3) is 15.7 Å². The predicted molar refractivity (Wildman–Crippen MR) is 160 cm³/mol. The number of aryl methyl sites for hydroxylation is 1. The lowest BCUT2D eigenvalue weighted by Crippen LogP contribution is -2.51. The van der Waals surface area contributed by atoms with Crippen LogP contribution in [0.4, 0.5) is 11.4 Å². The van der Waals surface area contributed by atoms with E-state index in [1.54, 1.807) is 31.2 Å². The van der Waals surface area contributed by atoms with Crippen LogP contribution in [0.15, 0.2) is 71.6 Å². The van der Waals surface area contributed by atoms with Gasteiger partial charge in [-0.3, -0.25) is 24.0 Å². The standard InChI is InChI=1S/C29H33ClN4O7S/c1-5-16-31-29(36)21(3)32(18-22-7-9-23(30)10-8-22)28(35)19-33(24-11-13-25(41-4)14-12-24)42(39,40)26-15-6-20(2)27(17-26)34(37)38/h6-15,17,21H,5,16,18-19H2,1-4H3,(H,31,36)/t21-/m0/s1. The molecule has 0 bridgehead atoms. The topological polar surface area (TPSA) is 139 Å². The van der Waals surface area contributed by atoms with Crippen LogP contribution in [0.25, 0.3) is 0 Å². The number of carbonyl (C=O) groups is 2. The fraction of sp³-hybridized carbons (Fsp3) is 0.310. The van der Waals surface area contributed by atoms with Gasteiger partial charge >= 0.3 is 0 Å². The minimum absolute atomic E-state index is 0.00319. The zero-order valence-corrected chi connectivity index (χ0v) is 25.3. The number of amides is 2. The Morgan fingerprint density at radius 2 is 1.71 bits per heavy atom. The molecule has 0 saturated heterocycles. The third kappa shape index (κ3) is 7.77. The van der Waals surface area contributed by atoms with Crippen LogP contribution in [0.2, 0.25) is 5.02 Å². The number of hydrogen-bond donors (Lipinski definition) is 1. The number of methoxy groups -OCH3 is 1. The van der Waals surface area contributed by atoms with Crippen LogP contribution >= 0.6 is 11.6 Å². The van der Waals surface area contributed by atoms with Crippen molar-refractivity contribution in [3.8, 4) is 5.75 Å². The van der Waals surface area contributed by atoms with Gasteiger partial charge in [0.05, 0.1) is 22.6 Å². The normalized spacial score (nSPS) is 11.8. The first kappa shape index (κ1) is 32.4. The molecule has 0 aliphatic carbocycles. The summed E-state index contributed by atoms with van der Waals surface area (Å²) in [6.07, 6.45) is 0.690. The van der Waals surface area contributed by atoms with E-state index in [0.717, 1.165) is 10.4 Å². The number of benzene rings is 3. The van der Waals surface area contributed by atoms with Gasteiger partial charge in [-0.1, -0.05) is 36.7 Å². The molecule has 13 heteroatoms. The second-order valence-corrected chi connectivity index (χ2v) is 11.8. The summed E-state index contributed by atoms with van der Waals surface area (Å²) >= 11 is 6.02. The zero-order chi connectivity index (χ0) is 31.0. The average Bonchev–Trinajstić information content (AvgIpc) is 2.97. The summed E-state index contributed by atoms with van der Waals surface area (Å²) < 4.78 is 34.0. The van der Waals surface area contributed by atoms with E-state index in [1.807, 2.05) is 6.92 Å². The Balaban J connectivity index is 2.08. The molecule has 42 heavy (non-hydrogen) atoms. The van der Waals surface area contributed by atoms with Crippen LogP contribution < -0.4 is 14.4 Å². The lowest BCUT2D eigenvalue weighted by molar-refractivity contribution is -0.385. The average molecular weight is 617 g/mol. The van der Waals surface area contributed by atoms with Gasteiger partial charge < -0.3 is 15.0 Å². The Bertz CT molecular complexity index is 1530. The molecule has 0 aliphatic heterocycles. The number of sulfonamides is 1. The number of halogens is 1. The number of nitro benzene ring substituents is 1. The lowest BCUT2D eigenvalue weighted by atomic mass is 10.1. The molecule has 0 spiro atoms. The smallest absolute Gasteiger partial charge is 0.273 e. The lowest BCUT2D eigenvalue weighted by Gasteiger charge is -2.32. The van der Waals surface area contributed by atoms with E-state index in [9.17, 15) is 28.1 Å². The zero-order valence-electron chi connectivity index (χ0n) is 23.7. The van der Waals surface area contributed by atoms with E-state index >= 15 is 0 Å². The van der Waals surface area contributed by atoms with Crippen molar-refractivity contribution >= 4 is 44.8 Å². The highest BCUT2D eigenvalue weighted by Crippen LogP contribution is 2.29. The molecule has 3 aromatic carbocycles. The number of hydrogen-bond acceptors (Lipinski definition) is 7. The van der Waals surface area contributed by atoms with Crippen LogP contribution in [0.5, 0.6) is 5.75 Å². The van der Waals surface area contributed by atoms with Crippen molar-refractivity contribution < 1.29 is 27.7 Å². The van der Waals surface area contributed by atoms with Gasteiger partial charge in [0.1, 0.15) is 18.3 Å². The molecule has 3 aromatic rings. The minimum atomic E-state index is -4.49. The van der Waals surface area contributed by atoms with Crippen molar-refractivity contribution in [1.29, 1.82) is 0 Å². The first-order chi connectivity index (χ1) is 19.9. The van der Waals surface area contributed by atoms with E-state index in [1.165, 1.54) is 55.3 Å². The third-order valence-corrected chi connectivity index (χ3v) is 8.61. The van der Waals surface area contributed by atoms with Crippen molar-refractivity contribution in [3.05, 3.63) is 93.0 Å². The highest BCUT2D eigenvalue weighted by Gasteiger charge is 2.33. The quantitative estimate of drug-likeness (QED) is 0.217. The second-order valence-electron chi connectivity index (χ2n) is 9.53. The molecule has 0 radical (unpaired) electrons. The summed E-state index contributed by atoms with van der Waals surface area (Å²) in [6, 6.07) is 15.3. The Morgan fingerprint density at radius 1 is 1.07 bits per heavy atom. The van der Waals surface area contributed by atoms with E-state index in [-0.39, 0.29) is 28.4 Å². The van der Waals surface area contributed by atoms with Gasteiger partial charge in [0, 0.05) is 29.7 Å². The Hall–Kier alpha value is -4.16. The van der Waals surface area contributed by atoms with Crippen molar-refractivity contribution in [2.45, 2.75) is 44.7 Å². The van der Waals surface area contributed by atoms with E-state index in [4.69, 9.17) is 16.3 Å². The maximum absolute atomic E-state index is 14.0. The van der Waals surface area contributed by atoms with Gasteiger partial charge in [0.2, 0.25) is 11.8 Å². The van der Waals surface area contributed by atoms with Gasteiger partial charge in [0.15, 0.2) is 0 Å². The molecule has 0 heterocycles. The number of carbonyl (C=O) groups excluding carboxylic acids is 2. The van der Waals surface area contributed by atoms with Gasteiger partial charge in [-0.05, 0) is 68.3 Å². The summed E-state index contributed by atoms with van der Waals surface area (Å²) in [6.45, 7) is 4.69. The number of nitro groups is 1. The van der Waals surface area contributed by atoms with Crippen molar-refractivity contribution in [2.75, 3.05) is 24.5 Å². The highest BCUT2D eigenvalue weighted by molar-refractivity contribution is 7.92. The predicted octanol–water partition coefficient (Wildman–Crippen LogP) is 4.70. The molecule has 0 saturated carbocycles. The van der Waals surface area contributed by atoms with Crippen molar-refractivity contribution in [1.82, 2.24) is 10.2 Å². The molecule has 1 N–H and O–H groups in total. The van der Waals surface area contributed by atoms with Crippen LogP contribution in [-0.4, -0.2) is 56.3 Å². The second kappa shape index (κ2) is 14.1. The van der Waals surface area contributed by atoms with Gasteiger partial charge in [-0.15, -0.1) is 0 Å². The molecule has 0 fully saturated rings. The number of nitrogens with one attached hydrogen (secondary N) is 1. The summed E-state index contributed by atoms with van der Waals surface area (Å²) in [4.78, 5) is 38.7. The van der Waals surface area contributed by atoms with E-state index < -0.39 is 39.3 Å². The third-order valence-electron chi connectivity index (χ3n) is 6.59. The highest BCUT2D eigenvalue weighted by atomic mass is 35.5. The summed E-state index contributed by atoms with van der Waals surface area (Å²) in [5.74, 6) is -0.601. The minimum Gasteiger partial charge on any atom is -0.497 e. The molecular formula is C29H33ClN4O7S. The van der Waals surface area contributed by atoms with Crippen LogP contribution in [0.3, 0.4) is 0 Å². The first-order valence-electron chi connectivity index (χ1n) is 13.1. The fourth-order valence-corrected chi connectivity index (χ4v) is 5.68. The maximum atomic E-state index is 14.0. The largest absolute Gasteiger partial charge is 0.497 e. The number of ether oxygens (including phenoxy) is 1. The monoisotopic (exact) mass is 616 g/mol. The van der Waals surface area contributed by atoms with Crippen molar-refractivity contribution in [2.24, 2.45) is 0 Å². The summed E-state index contributed by atoms with van der Waals surface area (Å²) in [7, 11) is -3.03. The number of anilines is 1. The molecule has 3 rings (SSSR count). The number of rotatable bonds is 13. The SMILES string of the molecule is CCCNC(=O)[C@H](C)N(Cc1ccc(Cl)cc1)C(=O)CN(c1ccc(OC)cc1)S(=O)(=O)c1ccc(C)c([N+](=O)[O-])c1. The van der Waals surface area contributed by atoms with E-state index in [0.29, 0.717) is 29.3 Å². The summed E-state index contributed by atoms with van der Waals surface area (Å²) in [5.41, 5.74) is 0.715. The van der Waals surface area contributed by atoms with Crippen molar-refractivity contribution in [3.63, 3.8) is 0 Å².